The predicted molar refractivity (Wildman–Crippen MR) is 199 cm³/mol. The van der Waals surface area contributed by atoms with Crippen LogP contribution in [0.15, 0.2) is 48.8 Å². The first-order chi connectivity index (χ1) is 22.5. The van der Waals surface area contributed by atoms with Crippen molar-refractivity contribution in [2.75, 3.05) is 22.9 Å². The molecule has 0 bridgehead atoms. The van der Waals surface area contributed by atoms with E-state index >= 15 is 0 Å². The number of benzene rings is 2. The average molecular weight is 921 g/mol. The molecular formula is C30H36F2I2N8O4Si2. The summed E-state index contributed by atoms with van der Waals surface area (Å²) in [5.41, 5.74) is 1.01. The topological polar surface area (TPSA) is 121 Å². The molecule has 12 nitrogen and oxygen atoms in total. The number of carbonyl (C=O) groups is 2. The molecule has 4 aromatic rings. The van der Waals surface area contributed by atoms with Gasteiger partial charge in [-0.1, -0.05) is 49.7 Å². The normalized spacial score (nSPS) is 18.1. The van der Waals surface area contributed by atoms with E-state index < -0.39 is 28.3 Å². The highest BCUT2D eigenvalue weighted by Crippen LogP contribution is 2.26. The molecule has 0 N–H and O–H groups in total. The summed E-state index contributed by atoms with van der Waals surface area (Å²) >= 11 is 3.83. The molecule has 4 heterocycles. The summed E-state index contributed by atoms with van der Waals surface area (Å²) in [5, 5.41) is 18.6. The Morgan fingerprint density at radius 1 is 0.792 bits per heavy atom. The fourth-order valence-corrected chi connectivity index (χ4v) is 7.97. The van der Waals surface area contributed by atoms with E-state index in [1.165, 1.54) is 21.9 Å². The molecule has 2 fully saturated rings. The van der Waals surface area contributed by atoms with Crippen molar-refractivity contribution in [2.24, 2.45) is 0 Å². The van der Waals surface area contributed by atoms with Crippen LogP contribution in [-0.4, -0.2) is 83.6 Å². The quantitative estimate of drug-likeness (QED) is 0.175. The molecule has 256 valence electrons. The Morgan fingerprint density at radius 2 is 1.31 bits per heavy atom. The molecule has 0 unspecified atom stereocenters. The first-order valence-electron chi connectivity index (χ1n) is 15.2. The predicted octanol–water partition coefficient (Wildman–Crippen LogP) is 5.18. The van der Waals surface area contributed by atoms with Crippen molar-refractivity contribution in [2.45, 2.75) is 64.6 Å². The second kappa shape index (κ2) is 14.5. The molecule has 2 aliphatic rings. The Hall–Kier alpha value is -2.99. The number of ether oxygens (including phenoxy) is 2. The van der Waals surface area contributed by atoms with Gasteiger partial charge >= 0.3 is 12.2 Å². The minimum absolute atomic E-state index is 0.336. The number of anilines is 2. The molecule has 2 amide bonds. The molecule has 0 aliphatic carbocycles. The maximum atomic E-state index is 13.7. The lowest BCUT2D eigenvalue weighted by atomic mass is 10.2. The van der Waals surface area contributed by atoms with E-state index in [1.54, 1.807) is 35.1 Å². The van der Waals surface area contributed by atoms with Crippen LogP contribution in [0.1, 0.15) is 0 Å². The molecule has 18 heteroatoms. The van der Waals surface area contributed by atoms with E-state index in [0.29, 0.717) is 44.7 Å². The SMILES string of the molecule is C[Si](C)(C)c1cn(C[C@H]2CN(c3ccc(I)c(F)c3)C(=O)O2)nn1.C[Si](C)(C)c1cnnn1C[C@H]1CN(c2ccc(I)c(F)c2)C(=O)O1. The lowest BCUT2D eigenvalue weighted by molar-refractivity contribution is 0.128. The second-order valence-electron chi connectivity index (χ2n) is 13.6. The van der Waals surface area contributed by atoms with E-state index in [9.17, 15) is 18.4 Å². The highest BCUT2D eigenvalue weighted by Gasteiger charge is 2.35. The van der Waals surface area contributed by atoms with Crippen molar-refractivity contribution >= 4 is 95.5 Å². The zero-order chi connectivity index (χ0) is 35.0. The van der Waals surface area contributed by atoms with Gasteiger partial charge in [0.25, 0.3) is 0 Å². The Labute approximate surface area is 306 Å². The van der Waals surface area contributed by atoms with Crippen molar-refractivity contribution in [3.05, 3.63) is 67.6 Å². The third-order valence-corrected chi connectivity index (χ3v) is 13.1. The molecule has 2 aliphatic heterocycles. The van der Waals surface area contributed by atoms with Gasteiger partial charge in [-0.05, 0) is 81.6 Å². The van der Waals surface area contributed by atoms with E-state index in [-0.39, 0.29) is 23.8 Å². The molecule has 6 rings (SSSR count). The van der Waals surface area contributed by atoms with E-state index in [0.717, 1.165) is 10.6 Å². The van der Waals surface area contributed by atoms with Gasteiger partial charge in [0.1, 0.15) is 40.0 Å². The zero-order valence-electron chi connectivity index (χ0n) is 27.3. The highest BCUT2D eigenvalue weighted by molar-refractivity contribution is 14.1. The van der Waals surface area contributed by atoms with Crippen LogP contribution in [0.3, 0.4) is 0 Å². The summed E-state index contributed by atoms with van der Waals surface area (Å²) < 4.78 is 42.8. The molecule has 2 saturated heterocycles. The highest BCUT2D eigenvalue weighted by atomic mass is 127. The summed E-state index contributed by atoms with van der Waals surface area (Å²) in [6.45, 7) is 14.8. The number of cyclic esters (lactones) is 2. The minimum Gasteiger partial charge on any atom is -0.442 e. The van der Waals surface area contributed by atoms with Crippen LogP contribution >= 0.6 is 45.2 Å². The van der Waals surface area contributed by atoms with Crippen molar-refractivity contribution in [3.63, 3.8) is 0 Å². The Balaban J connectivity index is 0.000000188. The molecule has 0 spiro atoms. The van der Waals surface area contributed by atoms with Gasteiger partial charge in [-0.3, -0.25) is 14.5 Å². The van der Waals surface area contributed by atoms with Crippen LogP contribution in [0.4, 0.5) is 29.7 Å². The Morgan fingerprint density at radius 3 is 1.77 bits per heavy atom. The van der Waals surface area contributed by atoms with Gasteiger partial charge in [-0.25, -0.2) is 23.1 Å². The number of hydrogen-bond acceptors (Lipinski definition) is 8. The lowest BCUT2D eigenvalue weighted by Gasteiger charge is -2.18. The number of amides is 2. The summed E-state index contributed by atoms with van der Waals surface area (Å²) in [7, 11) is -3.09. The standard InChI is InChI=1S/2C15H18FIN4O2Si/c1-24(2,3)14-7-18-19-21(14)9-11-8-20(15(22)23-11)10-4-5-13(17)12(16)6-10;1-24(2,3)14-9-20(19-18-14)7-11-8-21(15(22)23-11)10-4-5-13(17)12(16)6-10/h4-7,11H,8-9H2,1-3H3;4-6,9,11H,7-8H2,1-3H3/t2*11-/m10/s1. The first-order valence-corrected chi connectivity index (χ1v) is 24.3. The Bertz CT molecular complexity index is 1810. The Kier molecular flexibility index (Phi) is 10.9. The maximum absolute atomic E-state index is 13.7. The summed E-state index contributed by atoms with van der Waals surface area (Å²) in [4.78, 5) is 27.1. The van der Waals surface area contributed by atoms with Gasteiger partial charge < -0.3 is 9.47 Å². The van der Waals surface area contributed by atoms with Gasteiger partial charge in [0.2, 0.25) is 0 Å². The van der Waals surface area contributed by atoms with Crippen LogP contribution in [0, 0.1) is 18.8 Å². The van der Waals surface area contributed by atoms with Crippen molar-refractivity contribution in [3.8, 4) is 0 Å². The number of hydrogen-bond donors (Lipinski definition) is 0. The van der Waals surface area contributed by atoms with Crippen LogP contribution in [-0.2, 0) is 22.6 Å². The number of halogens is 4. The van der Waals surface area contributed by atoms with E-state index in [4.69, 9.17) is 9.47 Å². The molecular weight excluding hydrogens is 884 g/mol. The molecule has 2 atom stereocenters. The average Bonchev–Trinajstić information content (AvgIpc) is 3.80. The van der Waals surface area contributed by atoms with Gasteiger partial charge in [0.15, 0.2) is 0 Å². The van der Waals surface area contributed by atoms with E-state index in [1.807, 2.05) is 56.1 Å². The van der Waals surface area contributed by atoms with Gasteiger partial charge in [0, 0.05) is 18.7 Å². The molecule has 0 saturated carbocycles. The molecule has 2 aromatic carbocycles. The fourth-order valence-electron chi connectivity index (χ4n) is 5.07. The number of nitrogens with zero attached hydrogens (tertiary/aromatic N) is 8. The molecule has 0 radical (unpaired) electrons. The third-order valence-electron chi connectivity index (χ3n) is 7.64. The first kappa shape index (κ1) is 36.3. The summed E-state index contributed by atoms with van der Waals surface area (Å²) in [6.07, 6.45) is 2.11. The summed E-state index contributed by atoms with van der Waals surface area (Å²) in [6, 6.07) is 9.43. The van der Waals surface area contributed by atoms with Gasteiger partial charge in [0.05, 0.1) is 49.1 Å². The smallest absolute Gasteiger partial charge is 0.414 e. The zero-order valence-corrected chi connectivity index (χ0v) is 33.6. The monoisotopic (exact) mass is 920 g/mol. The van der Waals surface area contributed by atoms with Gasteiger partial charge in [-0.15, -0.1) is 10.2 Å². The maximum Gasteiger partial charge on any atom is 0.414 e. The summed E-state index contributed by atoms with van der Waals surface area (Å²) in [5.74, 6) is -0.693. The minimum atomic E-state index is -1.58. The van der Waals surface area contributed by atoms with Gasteiger partial charge in [-0.2, -0.15) is 0 Å². The third kappa shape index (κ3) is 8.59. The van der Waals surface area contributed by atoms with Crippen molar-refractivity contribution in [1.29, 1.82) is 0 Å². The second-order valence-corrected chi connectivity index (χ2v) is 25.9. The number of aromatic nitrogens is 6. The molecule has 48 heavy (non-hydrogen) atoms. The number of carbonyl (C=O) groups excluding carboxylic acids is 2. The largest absolute Gasteiger partial charge is 0.442 e. The van der Waals surface area contributed by atoms with Crippen molar-refractivity contribution < 1.29 is 27.8 Å². The van der Waals surface area contributed by atoms with Crippen LogP contribution in [0.5, 0.6) is 0 Å². The van der Waals surface area contributed by atoms with Crippen molar-refractivity contribution in [1.82, 2.24) is 30.0 Å². The van der Waals surface area contributed by atoms with Crippen LogP contribution in [0.25, 0.3) is 0 Å². The molecule has 2 aromatic heterocycles. The van der Waals surface area contributed by atoms with Crippen LogP contribution in [0.2, 0.25) is 39.3 Å². The number of rotatable bonds is 8. The fraction of sp³-hybridized carbons (Fsp3) is 0.400. The lowest BCUT2D eigenvalue weighted by Crippen LogP contribution is -2.44. The van der Waals surface area contributed by atoms with Crippen LogP contribution < -0.4 is 20.4 Å². The van der Waals surface area contributed by atoms with E-state index in [2.05, 4.69) is 59.9 Å².